The van der Waals surface area contributed by atoms with Gasteiger partial charge < -0.3 is 20.1 Å². The first-order valence-corrected chi connectivity index (χ1v) is 13.1. The minimum atomic E-state index is -4.03. The number of likely N-dealkylation sites (tertiary alicyclic amines) is 1. The molecular formula is C25H44F3NO4. The largest absolute Gasteiger partial charge is 0.395 e. The second-order valence-corrected chi connectivity index (χ2v) is 10.7. The van der Waals surface area contributed by atoms with Gasteiger partial charge in [0.1, 0.15) is 0 Å². The molecule has 1 aliphatic heterocycles. The number of alkyl halides is 3. The molecule has 3 fully saturated rings. The maximum absolute atomic E-state index is 13.1. The van der Waals surface area contributed by atoms with Crippen LogP contribution < -0.4 is 0 Å². The molecule has 0 radical (unpaired) electrons. The van der Waals surface area contributed by atoms with Crippen molar-refractivity contribution in [2.75, 3.05) is 32.9 Å². The highest BCUT2D eigenvalue weighted by Gasteiger charge is 2.43. The highest BCUT2D eigenvalue weighted by atomic mass is 19.4. The van der Waals surface area contributed by atoms with Gasteiger partial charge in [0.2, 0.25) is 0 Å². The molecule has 2 aliphatic carbocycles. The standard InChI is InChI=1S/C25H44F3NO4/c26-25(27,28)21-6-4-5-20(15-21)19-9-7-18(8-10-19)17-33-14-3-1-2-12-29-13-11-23(31)24(32)22(29)16-30/h18-24,30-32H,1-17H2. The van der Waals surface area contributed by atoms with Crippen LogP contribution in [0.2, 0.25) is 0 Å². The van der Waals surface area contributed by atoms with E-state index < -0.39 is 24.3 Å². The molecule has 3 N–H and O–H groups in total. The van der Waals surface area contributed by atoms with E-state index in [2.05, 4.69) is 4.90 Å². The van der Waals surface area contributed by atoms with Crippen LogP contribution in [0.15, 0.2) is 0 Å². The van der Waals surface area contributed by atoms with E-state index in [1.165, 1.54) is 0 Å². The average Bonchev–Trinajstić information content (AvgIpc) is 2.80. The average molecular weight is 480 g/mol. The summed E-state index contributed by atoms with van der Waals surface area (Å²) in [7, 11) is 0. The van der Waals surface area contributed by atoms with Gasteiger partial charge in [0, 0.05) is 19.8 Å². The predicted octanol–water partition coefficient (Wildman–Crippen LogP) is 4.14. The van der Waals surface area contributed by atoms with Gasteiger partial charge in [0.25, 0.3) is 0 Å². The number of halogens is 3. The first kappa shape index (κ1) is 27.2. The van der Waals surface area contributed by atoms with Crippen LogP contribution in [0.4, 0.5) is 13.2 Å². The molecule has 0 aromatic heterocycles. The maximum Gasteiger partial charge on any atom is 0.391 e. The van der Waals surface area contributed by atoms with E-state index in [9.17, 15) is 28.5 Å². The van der Waals surface area contributed by atoms with Gasteiger partial charge in [0.05, 0.1) is 30.8 Å². The highest BCUT2D eigenvalue weighted by Crippen LogP contribution is 2.46. The van der Waals surface area contributed by atoms with Crippen LogP contribution in [0.1, 0.15) is 77.0 Å². The van der Waals surface area contributed by atoms with Gasteiger partial charge in [-0.25, -0.2) is 0 Å². The van der Waals surface area contributed by atoms with Crippen LogP contribution in [0.5, 0.6) is 0 Å². The molecule has 1 heterocycles. The summed E-state index contributed by atoms with van der Waals surface area (Å²) >= 11 is 0. The monoisotopic (exact) mass is 479 g/mol. The fraction of sp³-hybridized carbons (Fsp3) is 1.00. The summed E-state index contributed by atoms with van der Waals surface area (Å²) in [6, 6.07) is -0.381. The number of hydrogen-bond donors (Lipinski definition) is 3. The molecule has 0 amide bonds. The maximum atomic E-state index is 13.1. The molecule has 5 atom stereocenters. The summed E-state index contributed by atoms with van der Waals surface area (Å²) in [6.07, 6.45) is 4.41. The zero-order chi connectivity index (χ0) is 23.8. The lowest BCUT2D eigenvalue weighted by Gasteiger charge is -2.40. The Morgan fingerprint density at radius 1 is 0.879 bits per heavy atom. The van der Waals surface area contributed by atoms with E-state index in [1.54, 1.807) is 0 Å². The normalized spacial score (nSPS) is 36.7. The van der Waals surface area contributed by atoms with E-state index in [4.69, 9.17) is 4.74 Å². The van der Waals surface area contributed by atoms with Crippen LogP contribution in [0, 0.1) is 23.7 Å². The van der Waals surface area contributed by atoms with Crippen molar-refractivity contribution in [3.8, 4) is 0 Å². The molecule has 3 rings (SSSR count). The topological polar surface area (TPSA) is 73.2 Å². The molecule has 1 saturated heterocycles. The quantitative estimate of drug-likeness (QED) is 0.411. The fourth-order valence-electron chi connectivity index (χ4n) is 6.33. The minimum Gasteiger partial charge on any atom is -0.395 e. The van der Waals surface area contributed by atoms with Gasteiger partial charge in [-0.05, 0) is 88.5 Å². The van der Waals surface area contributed by atoms with Crippen molar-refractivity contribution < 1.29 is 33.2 Å². The number of nitrogens with zero attached hydrogens (tertiary/aromatic N) is 1. The molecule has 0 aromatic rings. The number of hydrogen-bond acceptors (Lipinski definition) is 5. The van der Waals surface area contributed by atoms with E-state index in [-0.39, 0.29) is 18.6 Å². The smallest absolute Gasteiger partial charge is 0.391 e. The van der Waals surface area contributed by atoms with Crippen molar-refractivity contribution in [3.05, 3.63) is 0 Å². The Hall–Kier alpha value is -0.410. The summed E-state index contributed by atoms with van der Waals surface area (Å²) in [5.74, 6) is 0.166. The van der Waals surface area contributed by atoms with E-state index >= 15 is 0 Å². The van der Waals surface area contributed by atoms with E-state index in [0.29, 0.717) is 37.6 Å². The molecule has 194 valence electrons. The van der Waals surface area contributed by atoms with Gasteiger partial charge in [-0.2, -0.15) is 13.2 Å². The number of aliphatic hydroxyl groups excluding tert-OH is 3. The number of aliphatic hydroxyl groups is 3. The number of unbranched alkanes of at least 4 members (excludes halogenated alkanes) is 2. The number of rotatable bonds is 10. The fourth-order valence-corrected chi connectivity index (χ4v) is 6.33. The van der Waals surface area contributed by atoms with Crippen molar-refractivity contribution in [1.82, 2.24) is 4.90 Å². The Labute approximate surface area is 196 Å². The highest BCUT2D eigenvalue weighted by molar-refractivity contribution is 4.89. The SMILES string of the molecule is OCC1C(O)C(O)CCN1CCCCCOCC1CCC(C2CCCC(C(F)(F)F)C2)CC1. The lowest BCUT2D eigenvalue weighted by atomic mass is 9.68. The van der Waals surface area contributed by atoms with Crippen molar-refractivity contribution in [3.63, 3.8) is 0 Å². The molecule has 8 heteroatoms. The summed E-state index contributed by atoms with van der Waals surface area (Å²) in [4.78, 5) is 2.07. The van der Waals surface area contributed by atoms with Crippen LogP contribution >= 0.6 is 0 Å². The summed E-state index contributed by atoms with van der Waals surface area (Å²) in [6.45, 7) is 2.83. The Bertz CT molecular complexity index is 556. The molecule has 0 bridgehead atoms. The van der Waals surface area contributed by atoms with Gasteiger partial charge in [-0.15, -0.1) is 0 Å². The Morgan fingerprint density at radius 3 is 2.33 bits per heavy atom. The van der Waals surface area contributed by atoms with Crippen LogP contribution in [0.25, 0.3) is 0 Å². The zero-order valence-electron chi connectivity index (χ0n) is 19.9. The third-order valence-electron chi connectivity index (χ3n) is 8.48. The summed E-state index contributed by atoms with van der Waals surface area (Å²) in [5.41, 5.74) is 0. The number of ether oxygens (including phenoxy) is 1. The summed E-state index contributed by atoms with van der Waals surface area (Å²) < 4.78 is 45.2. The molecular weight excluding hydrogens is 435 g/mol. The molecule has 33 heavy (non-hydrogen) atoms. The third kappa shape index (κ3) is 8.06. The van der Waals surface area contributed by atoms with Crippen LogP contribution in [-0.2, 0) is 4.74 Å². The summed E-state index contributed by atoms with van der Waals surface area (Å²) in [5, 5.41) is 29.3. The van der Waals surface area contributed by atoms with Crippen LogP contribution in [0.3, 0.4) is 0 Å². The Balaban J connectivity index is 1.22. The lowest BCUT2D eigenvalue weighted by Crippen LogP contribution is -2.56. The third-order valence-corrected chi connectivity index (χ3v) is 8.48. The van der Waals surface area contributed by atoms with E-state index in [0.717, 1.165) is 77.5 Å². The molecule has 0 aromatic carbocycles. The lowest BCUT2D eigenvalue weighted by molar-refractivity contribution is -0.187. The minimum absolute atomic E-state index is 0.146. The van der Waals surface area contributed by atoms with Crippen molar-refractivity contribution in [1.29, 1.82) is 0 Å². The van der Waals surface area contributed by atoms with Gasteiger partial charge in [-0.1, -0.05) is 12.8 Å². The zero-order valence-corrected chi connectivity index (χ0v) is 19.9. The molecule has 5 unspecified atom stereocenters. The molecule has 5 nitrogen and oxygen atoms in total. The first-order valence-electron chi connectivity index (χ1n) is 13.1. The second-order valence-electron chi connectivity index (χ2n) is 10.7. The molecule has 2 saturated carbocycles. The molecule has 3 aliphatic rings. The van der Waals surface area contributed by atoms with Crippen molar-refractivity contribution in [2.45, 2.75) is 101 Å². The van der Waals surface area contributed by atoms with Crippen molar-refractivity contribution in [2.24, 2.45) is 23.7 Å². The predicted molar refractivity (Wildman–Crippen MR) is 121 cm³/mol. The second kappa shape index (κ2) is 13.1. The number of piperidine rings is 1. The van der Waals surface area contributed by atoms with Crippen molar-refractivity contribution >= 4 is 0 Å². The molecule has 0 spiro atoms. The Kier molecular flexibility index (Phi) is 10.8. The first-order chi connectivity index (χ1) is 15.8. The van der Waals surface area contributed by atoms with Gasteiger partial charge >= 0.3 is 6.18 Å². The van der Waals surface area contributed by atoms with Gasteiger partial charge in [-0.3, -0.25) is 4.90 Å². The van der Waals surface area contributed by atoms with Gasteiger partial charge in [0.15, 0.2) is 0 Å². The Morgan fingerprint density at radius 2 is 1.64 bits per heavy atom. The van der Waals surface area contributed by atoms with E-state index in [1.807, 2.05) is 0 Å². The van der Waals surface area contributed by atoms with Crippen LogP contribution in [-0.4, -0.2) is 77.6 Å².